The molecule has 3 aromatic rings. The number of hydrogen-bond donors (Lipinski definition) is 2. The predicted molar refractivity (Wildman–Crippen MR) is 118 cm³/mol. The molecular weight excluding hydrogens is 395 g/mol. The molecule has 1 aromatic heterocycles. The number of unbranched alkanes of at least 4 members (excludes halogenated alkanes) is 1. The van der Waals surface area contributed by atoms with Crippen LogP contribution in [-0.4, -0.2) is 14.9 Å². The van der Waals surface area contributed by atoms with Crippen LogP contribution in [0.25, 0.3) is 0 Å². The quantitative estimate of drug-likeness (QED) is 0.472. The van der Waals surface area contributed by atoms with Crippen LogP contribution in [0.1, 0.15) is 30.9 Å². The Morgan fingerprint density at radius 3 is 2.61 bits per heavy atom. The smallest absolute Gasteiger partial charge is 0.175 e. The standard InChI is InChI=1S/C21H22ClFN4S/c1-2-3-4-15-5-9-18(10-6-15)25-21(28)26-19-12-24-27(14-19)13-16-7-8-17(23)11-20(16)22/h5-12,14H,2-4,13H2,1H3,(H2,25,26,28). The maximum atomic E-state index is 13.2. The molecule has 7 heteroatoms. The van der Waals surface area contributed by atoms with Crippen LogP contribution < -0.4 is 10.6 Å². The van der Waals surface area contributed by atoms with Gasteiger partial charge in [-0.3, -0.25) is 4.68 Å². The fourth-order valence-electron chi connectivity index (χ4n) is 2.77. The summed E-state index contributed by atoms with van der Waals surface area (Å²) in [6.07, 6.45) is 6.98. The second kappa shape index (κ2) is 9.66. The molecule has 0 spiro atoms. The van der Waals surface area contributed by atoms with Gasteiger partial charge in [0, 0.05) is 16.9 Å². The van der Waals surface area contributed by atoms with Crippen molar-refractivity contribution in [3.05, 3.63) is 76.8 Å². The van der Waals surface area contributed by atoms with E-state index in [1.807, 2.05) is 18.3 Å². The minimum atomic E-state index is -0.355. The minimum Gasteiger partial charge on any atom is -0.332 e. The van der Waals surface area contributed by atoms with E-state index in [9.17, 15) is 4.39 Å². The van der Waals surface area contributed by atoms with Crippen molar-refractivity contribution >= 4 is 40.3 Å². The number of aryl methyl sites for hydroxylation is 1. The normalized spacial score (nSPS) is 10.7. The van der Waals surface area contributed by atoms with Crippen molar-refractivity contribution in [3.63, 3.8) is 0 Å². The molecule has 3 rings (SSSR count). The zero-order valence-electron chi connectivity index (χ0n) is 15.6. The SMILES string of the molecule is CCCCc1ccc(NC(=S)Nc2cnn(Cc3ccc(F)cc3Cl)c2)cc1. The summed E-state index contributed by atoms with van der Waals surface area (Å²) in [5.41, 5.74) is 3.81. The van der Waals surface area contributed by atoms with Gasteiger partial charge in [-0.2, -0.15) is 5.10 Å². The second-order valence-corrected chi connectivity index (χ2v) is 7.36. The molecule has 0 bridgehead atoms. The lowest BCUT2D eigenvalue weighted by Crippen LogP contribution is -2.18. The Morgan fingerprint density at radius 1 is 1.14 bits per heavy atom. The molecule has 0 saturated carbocycles. The van der Waals surface area contributed by atoms with E-state index in [-0.39, 0.29) is 5.82 Å². The van der Waals surface area contributed by atoms with Gasteiger partial charge >= 0.3 is 0 Å². The van der Waals surface area contributed by atoms with Crippen molar-refractivity contribution in [3.8, 4) is 0 Å². The van der Waals surface area contributed by atoms with Gasteiger partial charge in [-0.15, -0.1) is 0 Å². The summed E-state index contributed by atoms with van der Waals surface area (Å²) in [5.74, 6) is -0.355. The summed E-state index contributed by atoms with van der Waals surface area (Å²) >= 11 is 11.4. The van der Waals surface area contributed by atoms with Crippen molar-refractivity contribution in [1.29, 1.82) is 0 Å². The largest absolute Gasteiger partial charge is 0.332 e. The number of benzene rings is 2. The van der Waals surface area contributed by atoms with Gasteiger partial charge in [0.05, 0.1) is 18.4 Å². The molecule has 0 saturated heterocycles. The number of thiocarbonyl (C=S) groups is 1. The first kappa shape index (κ1) is 20.3. The fraction of sp³-hybridized carbons (Fsp3) is 0.238. The number of aromatic nitrogens is 2. The maximum absolute atomic E-state index is 13.2. The van der Waals surface area contributed by atoms with Crippen molar-refractivity contribution in [2.24, 2.45) is 0 Å². The monoisotopic (exact) mass is 416 g/mol. The molecule has 0 aliphatic heterocycles. The molecule has 0 aliphatic carbocycles. The average Bonchev–Trinajstić information content (AvgIpc) is 3.10. The highest BCUT2D eigenvalue weighted by Crippen LogP contribution is 2.19. The molecule has 0 unspecified atom stereocenters. The third kappa shape index (κ3) is 5.78. The Labute approximate surface area is 174 Å². The first-order valence-electron chi connectivity index (χ1n) is 9.17. The lowest BCUT2D eigenvalue weighted by atomic mass is 10.1. The molecular formula is C21H22ClFN4S. The van der Waals surface area contributed by atoms with Crippen molar-refractivity contribution in [2.75, 3.05) is 10.6 Å². The van der Waals surface area contributed by atoms with Gasteiger partial charge in [0.15, 0.2) is 5.11 Å². The predicted octanol–water partition coefficient (Wildman–Crippen LogP) is 5.88. The molecule has 0 fully saturated rings. The zero-order valence-corrected chi connectivity index (χ0v) is 17.2. The highest BCUT2D eigenvalue weighted by molar-refractivity contribution is 7.80. The lowest BCUT2D eigenvalue weighted by Gasteiger charge is -2.10. The summed E-state index contributed by atoms with van der Waals surface area (Å²) in [6, 6.07) is 12.6. The lowest BCUT2D eigenvalue weighted by molar-refractivity contribution is 0.624. The van der Waals surface area contributed by atoms with Crippen molar-refractivity contribution in [2.45, 2.75) is 32.7 Å². The molecule has 0 aliphatic rings. The van der Waals surface area contributed by atoms with Crippen molar-refractivity contribution in [1.82, 2.24) is 9.78 Å². The molecule has 2 N–H and O–H groups in total. The van der Waals surface area contributed by atoms with Crippen LogP contribution in [0.5, 0.6) is 0 Å². The number of hydrogen-bond acceptors (Lipinski definition) is 2. The zero-order chi connectivity index (χ0) is 19.9. The molecule has 0 radical (unpaired) electrons. The van der Waals surface area contributed by atoms with Gasteiger partial charge in [0.1, 0.15) is 5.82 Å². The number of nitrogens with zero attached hydrogens (tertiary/aromatic N) is 2. The number of halogens is 2. The van der Waals surface area contributed by atoms with Crippen LogP contribution in [0.15, 0.2) is 54.9 Å². The minimum absolute atomic E-state index is 0.355. The number of nitrogens with one attached hydrogen (secondary N) is 2. The summed E-state index contributed by atoms with van der Waals surface area (Å²) in [4.78, 5) is 0. The Balaban J connectivity index is 1.55. The Bertz CT molecular complexity index is 940. The topological polar surface area (TPSA) is 41.9 Å². The van der Waals surface area contributed by atoms with Crippen LogP contribution in [0.2, 0.25) is 5.02 Å². The summed E-state index contributed by atoms with van der Waals surface area (Å²) in [7, 11) is 0. The maximum Gasteiger partial charge on any atom is 0.175 e. The van der Waals surface area contributed by atoms with E-state index < -0.39 is 0 Å². The van der Waals surface area contributed by atoms with E-state index in [0.717, 1.165) is 23.4 Å². The Morgan fingerprint density at radius 2 is 1.89 bits per heavy atom. The summed E-state index contributed by atoms with van der Waals surface area (Å²) in [5, 5.41) is 11.4. The highest BCUT2D eigenvalue weighted by atomic mass is 35.5. The van der Waals surface area contributed by atoms with Gasteiger partial charge in [0.2, 0.25) is 0 Å². The Kier molecular flexibility index (Phi) is 7.01. The molecule has 0 atom stereocenters. The van der Waals surface area contributed by atoms with Gasteiger partial charge in [-0.05, 0) is 60.5 Å². The first-order chi connectivity index (χ1) is 13.5. The second-order valence-electron chi connectivity index (χ2n) is 6.54. The summed E-state index contributed by atoms with van der Waals surface area (Å²) in [6.45, 7) is 2.64. The number of rotatable bonds is 7. The fourth-order valence-corrected chi connectivity index (χ4v) is 3.23. The third-order valence-electron chi connectivity index (χ3n) is 4.27. The van der Waals surface area contributed by atoms with E-state index in [1.165, 1.54) is 30.5 Å². The van der Waals surface area contributed by atoms with Crippen LogP contribution >= 0.6 is 23.8 Å². The van der Waals surface area contributed by atoms with E-state index in [1.54, 1.807) is 16.9 Å². The van der Waals surface area contributed by atoms with Gasteiger partial charge in [-0.1, -0.05) is 43.1 Å². The van der Waals surface area contributed by atoms with Crippen molar-refractivity contribution < 1.29 is 4.39 Å². The van der Waals surface area contributed by atoms with Crippen LogP contribution in [0.4, 0.5) is 15.8 Å². The van der Waals surface area contributed by atoms with Gasteiger partial charge in [-0.25, -0.2) is 4.39 Å². The Hall–Kier alpha value is -2.44. The van der Waals surface area contributed by atoms with Gasteiger partial charge in [0.25, 0.3) is 0 Å². The number of anilines is 2. The third-order valence-corrected chi connectivity index (χ3v) is 4.83. The van der Waals surface area contributed by atoms with Gasteiger partial charge < -0.3 is 10.6 Å². The molecule has 146 valence electrons. The van der Waals surface area contributed by atoms with E-state index >= 15 is 0 Å². The average molecular weight is 417 g/mol. The molecule has 1 heterocycles. The summed E-state index contributed by atoms with van der Waals surface area (Å²) < 4.78 is 14.9. The van der Waals surface area contributed by atoms with Crippen LogP contribution in [-0.2, 0) is 13.0 Å². The molecule has 0 amide bonds. The van der Waals surface area contributed by atoms with E-state index in [2.05, 4.69) is 34.8 Å². The molecule has 28 heavy (non-hydrogen) atoms. The van der Waals surface area contributed by atoms with Crippen LogP contribution in [0, 0.1) is 5.82 Å². The van der Waals surface area contributed by atoms with Crippen LogP contribution in [0.3, 0.4) is 0 Å². The molecule has 4 nitrogen and oxygen atoms in total. The van der Waals surface area contributed by atoms with E-state index in [4.69, 9.17) is 23.8 Å². The molecule has 2 aromatic carbocycles. The first-order valence-corrected chi connectivity index (χ1v) is 9.95. The van der Waals surface area contributed by atoms with E-state index in [0.29, 0.717) is 16.7 Å². The highest BCUT2D eigenvalue weighted by Gasteiger charge is 2.06.